The highest BCUT2D eigenvalue weighted by molar-refractivity contribution is 7.99. The van der Waals surface area contributed by atoms with Crippen molar-refractivity contribution in [2.45, 2.75) is 48.7 Å². The monoisotopic (exact) mass is 367 g/mol. The Morgan fingerprint density at radius 2 is 1.92 bits per heavy atom. The number of carbonyl (C=O) groups excluding carboxylic acids is 1. The first-order valence-electron chi connectivity index (χ1n) is 9.35. The summed E-state index contributed by atoms with van der Waals surface area (Å²) in [4.78, 5) is 20.7. The molecule has 3 aliphatic rings. The zero-order valence-electron chi connectivity index (χ0n) is 15.3. The van der Waals surface area contributed by atoms with Gasteiger partial charge in [0.2, 0.25) is 0 Å². The van der Waals surface area contributed by atoms with Crippen molar-refractivity contribution in [3.8, 4) is 0 Å². The van der Waals surface area contributed by atoms with E-state index in [1.165, 1.54) is 31.5 Å². The lowest BCUT2D eigenvalue weighted by Gasteiger charge is -2.49. The van der Waals surface area contributed by atoms with Crippen molar-refractivity contribution in [2.24, 2.45) is 5.92 Å². The van der Waals surface area contributed by atoms with E-state index in [0.29, 0.717) is 12.0 Å². The molecule has 3 aliphatic heterocycles. The lowest BCUT2D eigenvalue weighted by Crippen LogP contribution is -2.62. The van der Waals surface area contributed by atoms with E-state index in [-0.39, 0.29) is 11.9 Å². The Balaban J connectivity index is 1.41. The van der Waals surface area contributed by atoms with Crippen LogP contribution in [0.25, 0.3) is 0 Å². The van der Waals surface area contributed by atoms with Crippen LogP contribution >= 0.6 is 11.8 Å². The molecule has 0 unspecified atom stereocenters. The van der Waals surface area contributed by atoms with Gasteiger partial charge in [-0.05, 0) is 87.7 Å². The zero-order valence-corrected chi connectivity index (χ0v) is 16.1. The molecule has 4 heterocycles. The summed E-state index contributed by atoms with van der Waals surface area (Å²) in [5, 5.41) is 4.27. The molecule has 0 radical (unpaired) electrons. The highest BCUT2D eigenvalue weighted by Crippen LogP contribution is 2.32. The minimum Gasteiger partial charge on any atom is -0.347 e. The molecule has 4 nitrogen and oxygen atoms in total. The molecule has 2 atom stereocenters. The topological polar surface area (TPSA) is 45.2 Å². The molecule has 26 heavy (non-hydrogen) atoms. The highest BCUT2D eigenvalue weighted by atomic mass is 32.2. The number of nitrogens with zero attached hydrogens (tertiary/aromatic N) is 2. The molecule has 5 heteroatoms. The molecular formula is C21H25N3OS. The number of rotatable bonds is 4. The maximum Gasteiger partial charge on any atom is 0.251 e. The van der Waals surface area contributed by atoms with Crippen molar-refractivity contribution in [1.29, 1.82) is 0 Å². The Hall–Kier alpha value is -1.85. The Kier molecular flexibility index (Phi) is 5.00. The van der Waals surface area contributed by atoms with Gasteiger partial charge in [-0.15, -0.1) is 0 Å². The lowest BCUT2D eigenvalue weighted by molar-refractivity contribution is 0.0217. The Labute approximate surface area is 159 Å². The first kappa shape index (κ1) is 17.6. The molecule has 1 amide bonds. The molecule has 1 aromatic heterocycles. The second-order valence-electron chi connectivity index (χ2n) is 7.41. The van der Waals surface area contributed by atoms with Gasteiger partial charge in [-0.1, -0.05) is 11.8 Å². The van der Waals surface area contributed by atoms with Crippen LogP contribution in [-0.4, -0.2) is 41.0 Å². The summed E-state index contributed by atoms with van der Waals surface area (Å²) in [7, 11) is 0. The van der Waals surface area contributed by atoms with Crippen LogP contribution in [0.3, 0.4) is 0 Å². The quantitative estimate of drug-likeness (QED) is 0.894. The van der Waals surface area contributed by atoms with E-state index >= 15 is 0 Å². The first-order chi connectivity index (χ1) is 12.6. The Bertz CT molecular complexity index is 782. The summed E-state index contributed by atoms with van der Waals surface area (Å²) in [6, 6.07) is 12.6. The minimum atomic E-state index is 0.0424. The average molecular weight is 368 g/mol. The Morgan fingerprint density at radius 3 is 2.58 bits per heavy atom. The van der Waals surface area contributed by atoms with Crippen molar-refractivity contribution >= 4 is 17.7 Å². The van der Waals surface area contributed by atoms with E-state index in [1.54, 1.807) is 11.8 Å². The third-order valence-electron chi connectivity index (χ3n) is 5.70. The number of aromatic nitrogens is 1. The number of nitrogens with one attached hydrogen (secondary N) is 1. The van der Waals surface area contributed by atoms with E-state index in [9.17, 15) is 4.79 Å². The number of carbonyl (C=O) groups is 1. The number of pyridine rings is 1. The van der Waals surface area contributed by atoms with Crippen LogP contribution in [0.2, 0.25) is 0 Å². The van der Waals surface area contributed by atoms with Gasteiger partial charge in [0.15, 0.2) is 0 Å². The lowest BCUT2D eigenvalue weighted by atomic mass is 9.79. The van der Waals surface area contributed by atoms with Crippen LogP contribution < -0.4 is 5.32 Å². The minimum absolute atomic E-state index is 0.0424. The van der Waals surface area contributed by atoms with E-state index in [2.05, 4.69) is 35.1 Å². The number of hydrogen-bond donors (Lipinski definition) is 1. The van der Waals surface area contributed by atoms with E-state index in [1.807, 2.05) is 36.5 Å². The number of aryl methyl sites for hydroxylation is 1. The van der Waals surface area contributed by atoms with Crippen LogP contribution in [-0.2, 0) is 0 Å². The smallest absolute Gasteiger partial charge is 0.251 e. The van der Waals surface area contributed by atoms with Gasteiger partial charge in [0.05, 0.1) is 0 Å². The van der Waals surface area contributed by atoms with Gasteiger partial charge in [-0.3, -0.25) is 9.69 Å². The first-order valence-corrected chi connectivity index (χ1v) is 10.2. The van der Waals surface area contributed by atoms with Crippen molar-refractivity contribution in [2.75, 3.05) is 13.1 Å². The van der Waals surface area contributed by atoms with Crippen LogP contribution in [0.4, 0.5) is 0 Å². The third-order valence-corrected chi connectivity index (χ3v) is 6.65. The Morgan fingerprint density at radius 1 is 1.19 bits per heavy atom. The predicted molar refractivity (Wildman–Crippen MR) is 105 cm³/mol. The normalized spacial score (nSPS) is 27.3. The molecule has 0 aliphatic carbocycles. The SMILES string of the molecule is Cc1ccnc(Sc2ccc(C(=O)N[C@@H]3C4CCN(CC4)[C@@H]3C)cc2)c1. The molecule has 3 fully saturated rings. The number of fused-ring (bicyclic) bond motifs is 3. The number of piperidine rings is 3. The van der Waals surface area contributed by atoms with Crippen LogP contribution in [0, 0.1) is 12.8 Å². The molecule has 1 N–H and O–H groups in total. The van der Waals surface area contributed by atoms with Crippen LogP contribution in [0.5, 0.6) is 0 Å². The predicted octanol–water partition coefficient (Wildman–Crippen LogP) is 3.75. The molecular weight excluding hydrogens is 342 g/mol. The maximum absolute atomic E-state index is 12.7. The summed E-state index contributed by atoms with van der Waals surface area (Å²) < 4.78 is 0. The molecule has 2 aromatic rings. The second-order valence-corrected chi connectivity index (χ2v) is 8.50. The van der Waals surface area contributed by atoms with Gasteiger partial charge < -0.3 is 5.32 Å². The van der Waals surface area contributed by atoms with E-state index in [4.69, 9.17) is 0 Å². The maximum atomic E-state index is 12.7. The molecule has 2 bridgehead atoms. The van der Waals surface area contributed by atoms with Gasteiger partial charge >= 0.3 is 0 Å². The second kappa shape index (κ2) is 7.41. The van der Waals surface area contributed by atoms with E-state index in [0.717, 1.165) is 15.5 Å². The van der Waals surface area contributed by atoms with Crippen molar-refractivity contribution in [3.05, 3.63) is 53.7 Å². The molecule has 1 aromatic carbocycles. The molecule has 0 spiro atoms. The highest BCUT2D eigenvalue weighted by Gasteiger charge is 2.40. The van der Waals surface area contributed by atoms with Gasteiger partial charge in [-0.25, -0.2) is 4.98 Å². The van der Waals surface area contributed by atoms with Crippen LogP contribution in [0.1, 0.15) is 35.7 Å². The average Bonchev–Trinajstić information content (AvgIpc) is 2.65. The fourth-order valence-corrected chi connectivity index (χ4v) is 5.01. The fourth-order valence-electron chi connectivity index (χ4n) is 4.14. The molecule has 136 valence electrons. The third kappa shape index (κ3) is 3.64. The summed E-state index contributed by atoms with van der Waals surface area (Å²) in [5.41, 5.74) is 1.93. The van der Waals surface area contributed by atoms with Gasteiger partial charge in [0.25, 0.3) is 5.91 Å². The molecule has 5 rings (SSSR count). The molecule has 0 saturated carbocycles. The summed E-state index contributed by atoms with van der Waals surface area (Å²) in [5.74, 6) is 0.669. The molecule has 3 saturated heterocycles. The van der Waals surface area contributed by atoms with Gasteiger partial charge in [0, 0.05) is 28.7 Å². The van der Waals surface area contributed by atoms with Crippen LogP contribution in [0.15, 0.2) is 52.5 Å². The largest absolute Gasteiger partial charge is 0.347 e. The van der Waals surface area contributed by atoms with E-state index < -0.39 is 0 Å². The van der Waals surface area contributed by atoms with Crippen molar-refractivity contribution < 1.29 is 4.79 Å². The van der Waals surface area contributed by atoms with Gasteiger partial charge in [-0.2, -0.15) is 0 Å². The van der Waals surface area contributed by atoms with Gasteiger partial charge in [0.1, 0.15) is 5.03 Å². The number of amides is 1. The van der Waals surface area contributed by atoms with Crippen molar-refractivity contribution in [1.82, 2.24) is 15.2 Å². The number of benzene rings is 1. The number of hydrogen-bond acceptors (Lipinski definition) is 4. The summed E-state index contributed by atoms with van der Waals surface area (Å²) in [6.45, 7) is 6.66. The summed E-state index contributed by atoms with van der Waals surface area (Å²) in [6.07, 6.45) is 4.23. The zero-order chi connectivity index (χ0) is 18.1. The fraction of sp³-hybridized carbons (Fsp3) is 0.429. The standard InChI is InChI=1S/C21H25N3OS/c1-14-7-10-22-19(13-14)26-18-5-3-17(4-6-18)21(25)23-20-15(2)24-11-8-16(20)9-12-24/h3-7,10,13,15-16,20H,8-9,11-12H2,1-2H3,(H,23,25)/t15-,20+/m1/s1. The summed E-state index contributed by atoms with van der Waals surface area (Å²) >= 11 is 1.62. The van der Waals surface area contributed by atoms with Crippen molar-refractivity contribution in [3.63, 3.8) is 0 Å².